The van der Waals surface area contributed by atoms with Crippen LogP contribution in [-0.2, 0) is 14.3 Å². The fourth-order valence-corrected chi connectivity index (χ4v) is 2.17. The fourth-order valence-electron chi connectivity index (χ4n) is 2.17. The Labute approximate surface area is 117 Å². The van der Waals surface area contributed by atoms with Gasteiger partial charge in [-0.2, -0.15) is 0 Å². The van der Waals surface area contributed by atoms with Crippen molar-refractivity contribution in [1.82, 2.24) is 5.32 Å². The lowest BCUT2D eigenvalue weighted by atomic mass is 10.00. The van der Waals surface area contributed by atoms with Gasteiger partial charge < -0.3 is 15.2 Å². The van der Waals surface area contributed by atoms with Gasteiger partial charge in [-0.1, -0.05) is 24.3 Å². The van der Waals surface area contributed by atoms with Crippen molar-refractivity contribution in [2.24, 2.45) is 0 Å². The van der Waals surface area contributed by atoms with E-state index in [9.17, 15) is 14.7 Å². The molecule has 2 N–H and O–H groups in total. The normalized spacial score (nSPS) is 17.1. The van der Waals surface area contributed by atoms with Gasteiger partial charge in [-0.15, -0.1) is 0 Å². The summed E-state index contributed by atoms with van der Waals surface area (Å²) in [5.41, 5.74) is 1.83. The summed E-state index contributed by atoms with van der Waals surface area (Å²) < 4.78 is 4.85. The Hall–Kier alpha value is -1.88. The topological polar surface area (TPSA) is 75.6 Å². The standard InChI is InChI=1S/C15H19NO4/c1-2-20-15(19)13(16-9-17)14(18)12-7-5-11(6-8-12)10-3-4-10/h5-10,13-14,18H,2-4H2,1H3,(H,16,17). The maximum atomic E-state index is 11.7. The summed E-state index contributed by atoms with van der Waals surface area (Å²) in [6.07, 6.45) is 1.69. The molecule has 2 rings (SSSR count). The Balaban J connectivity index is 2.10. The van der Waals surface area contributed by atoms with Crippen LogP contribution in [0.2, 0.25) is 0 Å². The largest absolute Gasteiger partial charge is 0.464 e. The molecule has 1 aliphatic rings. The van der Waals surface area contributed by atoms with E-state index >= 15 is 0 Å². The van der Waals surface area contributed by atoms with Crippen molar-refractivity contribution >= 4 is 12.4 Å². The molecule has 0 bridgehead atoms. The van der Waals surface area contributed by atoms with Gasteiger partial charge in [-0.3, -0.25) is 4.79 Å². The predicted octanol–water partition coefficient (Wildman–Crippen LogP) is 1.28. The van der Waals surface area contributed by atoms with Crippen molar-refractivity contribution in [3.05, 3.63) is 35.4 Å². The minimum atomic E-state index is -1.12. The van der Waals surface area contributed by atoms with E-state index < -0.39 is 18.1 Å². The fraction of sp³-hybridized carbons (Fsp3) is 0.467. The molecular formula is C15H19NO4. The summed E-state index contributed by atoms with van der Waals surface area (Å²) in [5.74, 6) is -0.00600. The van der Waals surface area contributed by atoms with Crippen LogP contribution in [0.4, 0.5) is 0 Å². The lowest BCUT2D eigenvalue weighted by Crippen LogP contribution is -2.42. The lowest BCUT2D eigenvalue weighted by Gasteiger charge is -2.21. The van der Waals surface area contributed by atoms with E-state index in [1.807, 2.05) is 12.1 Å². The first-order chi connectivity index (χ1) is 9.67. The monoisotopic (exact) mass is 277 g/mol. The highest BCUT2D eigenvalue weighted by Crippen LogP contribution is 2.40. The number of aliphatic hydroxyl groups excluding tert-OH is 1. The van der Waals surface area contributed by atoms with E-state index in [2.05, 4.69) is 5.32 Å². The highest BCUT2D eigenvalue weighted by Gasteiger charge is 2.29. The molecule has 0 spiro atoms. The molecule has 0 heterocycles. The summed E-state index contributed by atoms with van der Waals surface area (Å²) >= 11 is 0. The molecule has 2 unspecified atom stereocenters. The van der Waals surface area contributed by atoms with Gasteiger partial charge in [0.25, 0.3) is 0 Å². The number of amides is 1. The second-order valence-electron chi connectivity index (χ2n) is 4.90. The number of carbonyl (C=O) groups excluding carboxylic acids is 2. The molecule has 1 aliphatic carbocycles. The Kier molecular flexibility index (Phi) is 4.74. The molecular weight excluding hydrogens is 258 g/mol. The van der Waals surface area contributed by atoms with Crippen molar-refractivity contribution in [3.63, 3.8) is 0 Å². The Bertz CT molecular complexity index is 467. The zero-order valence-electron chi connectivity index (χ0n) is 11.4. The van der Waals surface area contributed by atoms with Crippen molar-refractivity contribution in [1.29, 1.82) is 0 Å². The van der Waals surface area contributed by atoms with Crippen molar-refractivity contribution in [3.8, 4) is 0 Å². The van der Waals surface area contributed by atoms with Gasteiger partial charge in [0.15, 0.2) is 6.04 Å². The van der Waals surface area contributed by atoms with Gasteiger partial charge in [0.05, 0.1) is 6.61 Å². The molecule has 5 heteroatoms. The molecule has 20 heavy (non-hydrogen) atoms. The van der Waals surface area contributed by atoms with Crippen LogP contribution in [0.1, 0.15) is 42.9 Å². The van der Waals surface area contributed by atoms with E-state index in [0.717, 1.165) is 0 Å². The molecule has 1 aromatic carbocycles. The van der Waals surface area contributed by atoms with Crippen LogP contribution in [0.25, 0.3) is 0 Å². The van der Waals surface area contributed by atoms with Crippen LogP contribution in [0.5, 0.6) is 0 Å². The number of esters is 1. The summed E-state index contributed by atoms with van der Waals surface area (Å²) in [6.45, 7) is 1.87. The van der Waals surface area contributed by atoms with E-state index in [-0.39, 0.29) is 6.61 Å². The zero-order chi connectivity index (χ0) is 14.5. The first-order valence-corrected chi connectivity index (χ1v) is 6.81. The lowest BCUT2D eigenvalue weighted by molar-refractivity contribution is -0.149. The molecule has 0 radical (unpaired) electrons. The maximum Gasteiger partial charge on any atom is 0.331 e. The molecule has 1 saturated carbocycles. The van der Waals surface area contributed by atoms with Gasteiger partial charge in [0, 0.05) is 0 Å². The summed E-state index contributed by atoms with van der Waals surface area (Å²) in [4.78, 5) is 22.3. The van der Waals surface area contributed by atoms with Gasteiger partial charge in [-0.05, 0) is 36.8 Å². The summed E-state index contributed by atoms with van der Waals surface area (Å²) in [5, 5.41) is 12.5. The Morgan fingerprint density at radius 1 is 1.45 bits per heavy atom. The summed E-state index contributed by atoms with van der Waals surface area (Å²) in [7, 11) is 0. The van der Waals surface area contributed by atoms with Crippen molar-refractivity contribution in [2.75, 3.05) is 6.61 Å². The summed E-state index contributed by atoms with van der Waals surface area (Å²) in [6, 6.07) is 6.41. The number of ether oxygens (including phenoxy) is 1. The first-order valence-electron chi connectivity index (χ1n) is 6.81. The third-order valence-corrected chi connectivity index (χ3v) is 3.43. The van der Waals surface area contributed by atoms with E-state index in [1.165, 1.54) is 18.4 Å². The van der Waals surface area contributed by atoms with Crippen LogP contribution in [0.3, 0.4) is 0 Å². The first kappa shape index (κ1) is 14.5. The quantitative estimate of drug-likeness (QED) is 0.581. The number of nitrogens with one attached hydrogen (secondary N) is 1. The number of hydrogen-bond donors (Lipinski definition) is 2. The van der Waals surface area contributed by atoms with E-state index in [4.69, 9.17) is 4.74 Å². The SMILES string of the molecule is CCOC(=O)C(NC=O)C(O)c1ccc(C2CC2)cc1. The van der Waals surface area contributed by atoms with Gasteiger partial charge in [0.2, 0.25) is 6.41 Å². The van der Waals surface area contributed by atoms with Gasteiger partial charge >= 0.3 is 5.97 Å². The van der Waals surface area contributed by atoms with Crippen LogP contribution in [0, 0.1) is 0 Å². The van der Waals surface area contributed by atoms with Crippen LogP contribution >= 0.6 is 0 Å². The van der Waals surface area contributed by atoms with Crippen molar-refractivity contribution in [2.45, 2.75) is 37.8 Å². The maximum absolute atomic E-state index is 11.7. The molecule has 1 fully saturated rings. The third kappa shape index (κ3) is 3.36. The highest BCUT2D eigenvalue weighted by molar-refractivity contribution is 5.79. The molecule has 108 valence electrons. The van der Waals surface area contributed by atoms with Crippen LogP contribution < -0.4 is 5.32 Å². The number of hydrogen-bond acceptors (Lipinski definition) is 4. The number of benzene rings is 1. The average molecular weight is 277 g/mol. The zero-order valence-corrected chi connectivity index (χ0v) is 11.4. The molecule has 0 aliphatic heterocycles. The van der Waals surface area contributed by atoms with Crippen LogP contribution in [0.15, 0.2) is 24.3 Å². The Morgan fingerprint density at radius 2 is 2.10 bits per heavy atom. The predicted molar refractivity (Wildman–Crippen MR) is 73.0 cm³/mol. The number of aliphatic hydroxyl groups is 1. The molecule has 0 saturated heterocycles. The Morgan fingerprint density at radius 3 is 2.60 bits per heavy atom. The van der Waals surface area contributed by atoms with Crippen molar-refractivity contribution < 1.29 is 19.4 Å². The molecule has 0 aromatic heterocycles. The van der Waals surface area contributed by atoms with Crippen LogP contribution in [-0.4, -0.2) is 30.1 Å². The average Bonchev–Trinajstić information content (AvgIpc) is 3.29. The minimum Gasteiger partial charge on any atom is -0.464 e. The van der Waals surface area contributed by atoms with E-state index in [0.29, 0.717) is 17.9 Å². The molecule has 1 aromatic rings. The van der Waals surface area contributed by atoms with Gasteiger partial charge in [-0.25, -0.2) is 4.79 Å². The second kappa shape index (κ2) is 6.52. The molecule has 2 atom stereocenters. The number of rotatable bonds is 7. The smallest absolute Gasteiger partial charge is 0.331 e. The third-order valence-electron chi connectivity index (χ3n) is 3.43. The number of carbonyl (C=O) groups is 2. The molecule has 1 amide bonds. The highest BCUT2D eigenvalue weighted by atomic mass is 16.5. The van der Waals surface area contributed by atoms with E-state index in [1.54, 1.807) is 19.1 Å². The molecule has 5 nitrogen and oxygen atoms in total. The van der Waals surface area contributed by atoms with Gasteiger partial charge in [0.1, 0.15) is 6.10 Å². The minimum absolute atomic E-state index is 0.198. The second-order valence-corrected chi connectivity index (χ2v) is 4.90.